The van der Waals surface area contributed by atoms with Gasteiger partial charge in [-0.3, -0.25) is 10.0 Å². The molecule has 2 atom stereocenters. The lowest BCUT2D eigenvalue weighted by Crippen LogP contribution is -2.46. The molecule has 0 spiro atoms. The standard InChI is InChI=1S/C27H31N3O5S2/c1-27(32,16-20-18-30-12-2-3-13-35-24-10-5-9-22(20)26(24)30)28-17-23(31)19-7-4-8-21(15-19)29-37(33,34)25-11-6-14-36-25/h4-11,14-15,18,23,28-29,31-32H,2-3,12-13,16-17H2,1H3/t23-,27-/m0/s1. The van der Waals surface area contributed by atoms with Crippen LogP contribution >= 0.6 is 11.3 Å². The Morgan fingerprint density at radius 3 is 2.81 bits per heavy atom. The first-order valence-corrected chi connectivity index (χ1v) is 14.6. The van der Waals surface area contributed by atoms with Crippen LogP contribution in [0.2, 0.25) is 0 Å². The van der Waals surface area contributed by atoms with Gasteiger partial charge in [0.1, 0.15) is 15.7 Å². The number of hydrogen-bond donors (Lipinski definition) is 4. The molecule has 37 heavy (non-hydrogen) atoms. The summed E-state index contributed by atoms with van der Waals surface area (Å²) in [5, 5.41) is 27.8. The van der Waals surface area contributed by atoms with Gasteiger partial charge in [0.2, 0.25) is 0 Å². The number of benzene rings is 2. The molecule has 2 aromatic heterocycles. The van der Waals surface area contributed by atoms with Gasteiger partial charge < -0.3 is 19.5 Å². The van der Waals surface area contributed by atoms with Gasteiger partial charge in [-0.2, -0.15) is 0 Å². The zero-order valence-electron chi connectivity index (χ0n) is 20.6. The zero-order valence-corrected chi connectivity index (χ0v) is 22.2. The minimum atomic E-state index is -3.68. The summed E-state index contributed by atoms with van der Waals surface area (Å²) >= 11 is 1.13. The van der Waals surface area contributed by atoms with Crippen LogP contribution in [0, 0.1) is 0 Å². The molecule has 0 unspecified atom stereocenters. The van der Waals surface area contributed by atoms with Crippen molar-refractivity contribution in [2.45, 2.75) is 48.8 Å². The molecule has 0 fully saturated rings. The fourth-order valence-electron chi connectivity index (χ4n) is 4.70. The lowest BCUT2D eigenvalue weighted by atomic mass is 10.0. The second-order valence-electron chi connectivity index (χ2n) is 9.57. The van der Waals surface area contributed by atoms with Crippen molar-refractivity contribution in [3.63, 3.8) is 0 Å². The maximum absolute atomic E-state index is 12.5. The molecule has 3 heterocycles. The molecule has 0 radical (unpaired) electrons. The van der Waals surface area contributed by atoms with Crippen molar-refractivity contribution in [2.75, 3.05) is 17.9 Å². The van der Waals surface area contributed by atoms with Crippen LogP contribution in [-0.2, 0) is 23.0 Å². The van der Waals surface area contributed by atoms with E-state index < -0.39 is 21.9 Å². The zero-order chi connectivity index (χ0) is 26.0. The predicted molar refractivity (Wildman–Crippen MR) is 146 cm³/mol. The highest BCUT2D eigenvalue weighted by atomic mass is 32.2. The summed E-state index contributed by atoms with van der Waals surface area (Å²) in [6.45, 7) is 3.37. The number of aliphatic hydroxyl groups is 2. The van der Waals surface area contributed by atoms with Crippen molar-refractivity contribution in [3.05, 3.63) is 77.3 Å². The fourth-order valence-corrected chi connectivity index (χ4v) is 6.74. The molecule has 5 rings (SSSR count). The summed E-state index contributed by atoms with van der Waals surface area (Å²) in [6.07, 6.45) is 3.50. The average Bonchev–Trinajstić information content (AvgIpc) is 3.51. The molecule has 196 valence electrons. The highest BCUT2D eigenvalue weighted by Crippen LogP contribution is 2.33. The van der Waals surface area contributed by atoms with Gasteiger partial charge in [0.15, 0.2) is 0 Å². The topological polar surface area (TPSA) is 113 Å². The number of nitrogens with zero attached hydrogens (tertiary/aromatic N) is 1. The van der Waals surface area contributed by atoms with E-state index in [-0.39, 0.29) is 10.8 Å². The van der Waals surface area contributed by atoms with Crippen molar-refractivity contribution in [1.29, 1.82) is 0 Å². The van der Waals surface area contributed by atoms with Gasteiger partial charge in [0, 0.05) is 36.8 Å². The minimum Gasteiger partial charge on any atom is -0.491 e. The molecular formula is C27H31N3O5S2. The Bertz CT molecular complexity index is 1480. The van der Waals surface area contributed by atoms with Gasteiger partial charge in [-0.05, 0) is 60.5 Å². The van der Waals surface area contributed by atoms with Gasteiger partial charge >= 0.3 is 0 Å². The van der Waals surface area contributed by atoms with Gasteiger partial charge in [-0.1, -0.05) is 30.3 Å². The lowest BCUT2D eigenvalue weighted by Gasteiger charge is -2.26. The third kappa shape index (κ3) is 5.83. The second kappa shape index (κ2) is 10.5. The average molecular weight is 542 g/mol. The van der Waals surface area contributed by atoms with E-state index >= 15 is 0 Å². The van der Waals surface area contributed by atoms with Crippen molar-refractivity contribution in [1.82, 2.24) is 9.88 Å². The first kappa shape index (κ1) is 25.7. The Morgan fingerprint density at radius 1 is 1.16 bits per heavy atom. The van der Waals surface area contributed by atoms with Crippen LogP contribution in [0.5, 0.6) is 5.75 Å². The number of thiophene rings is 1. The second-order valence-corrected chi connectivity index (χ2v) is 12.4. The number of sulfonamides is 1. The normalized spacial score (nSPS) is 16.4. The fraction of sp³-hybridized carbons (Fsp3) is 0.333. The molecular weight excluding hydrogens is 510 g/mol. The Kier molecular flexibility index (Phi) is 7.28. The Balaban J connectivity index is 1.27. The monoisotopic (exact) mass is 541 g/mol. The molecule has 8 nitrogen and oxygen atoms in total. The Labute approximate surface area is 220 Å². The highest BCUT2D eigenvalue weighted by molar-refractivity contribution is 7.94. The van der Waals surface area contributed by atoms with Crippen molar-refractivity contribution >= 4 is 38.0 Å². The van der Waals surface area contributed by atoms with Crippen LogP contribution in [0.25, 0.3) is 10.9 Å². The van der Waals surface area contributed by atoms with Crippen molar-refractivity contribution in [3.8, 4) is 5.75 Å². The highest BCUT2D eigenvalue weighted by Gasteiger charge is 2.25. The number of rotatable bonds is 9. The molecule has 0 bridgehead atoms. The summed E-state index contributed by atoms with van der Waals surface area (Å²) in [5.74, 6) is 0.862. The Hall–Kier alpha value is -2.89. The van der Waals surface area contributed by atoms with E-state index in [1.807, 2.05) is 18.2 Å². The first-order valence-electron chi connectivity index (χ1n) is 12.3. The third-order valence-electron chi connectivity index (χ3n) is 6.49. The van der Waals surface area contributed by atoms with Crippen LogP contribution in [0.3, 0.4) is 0 Å². The van der Waals surface area contributed by atoms with E-state index in [1.54, 1.807) is 42.6 Å². The van der Waals surface area contributed by atoms with Crippen LogP contribution in [0.15, 0.2) is 70.4 Å². The molecule has 2 aromatic carbocycles. The molecule has 1 aliphatic rings. The van der Waals surface area contributed by atoms with E-state index in [1.165, 1.54) is 6.07 Å². The molecule has 1 aliphatic heterocycles. The number of anilines is 1. The molecule has 10 heteroatoms. The predicted octanol–water partition coefficient (Wildman–Crippen LogP) is 4.25. The van der Waals surface area contributed by atoms with E-state index in [4.69, 9.17) is 4.74 Å². The van der Waals surface area contributed by atoms with Crippen molar-refractivity contribution in [2.24, 2.45) is 0 Å². The summed E-state index contributed by atoms with van der Waals surface area (Å²) in [7, 11) is -3.68. The number of hydrogen-bond acceptors (Lipinski definition) is 7. The SMILES string of the molecule is C[C@](O)(Cc1cn2c3c(cccc13)OCCCC2)NC[C@H](O)c1cccc(NS(=O)(=O)c2cccs2)c1. The number of nitrogens with one attached hydrogen (secondary N) is 2. The first-order chi connectivity index (χ1) is 17.7. The van der Waals surface area contributed by atoms with Gasteiger partial charge in [0.05, 0.1) is 18.2 Å². The van der Waals surface area contributed by atoms with E-state index in [9.17, 15) is 18.6 Å². The van der Waals surface area contributed by atoms with Gasteiger partial charge in [0.25, 0.3) is 10.0 Å². The largest absolute Gasteiger partial charge is 0.491 e. The molecule has 4 N–H and O–H groups in total. The number of ether oxygens (including phenoxy) is 1. The van der Waals surface area contributed by atoms with Gasteiger partial charge in [-0.15, -0.1) is 11.3 Å². The number of aromatic nitrogens is 1. The van der Waals surface area contributed by atoms with Crippen LogP contribution in [0.1, 0.15) is 37.0 Å². The maximum atomic E-state index is 12.5. The Morgan fingerprint density at radius 2 is 2.00 bits per heavy atom. The number of aryl methyl sites for hydroxylation is 1. The van der Waals surface area contributed by atoms with Crippen LogP contribution in [-0.4, -0.2) is 42.1 Å². The van der Waals surface area contributed by atoms with Crippen molar-refractivity contribution < 1.29 is 23.4 Å². The quantitative estimate of drug-likeness (QED) is 0.236. The third-order valence-corrected chi connectivity index (χ3v) is 9.27. The van der Waals surface area contributed by atoms with E-state index in [0.29, 0.717) is 24.3 Å². The molecule has 0 aliphatic carbocycles. The molecule has 0 amide bonds. The summed E-state index contributed by atoms with van der Waals surface area (Å²) < 4.78 is 36.0. The van der Waals surface area contributed by atoms with E-state index in [2.05, 4.69) is 20.8 Å². The summed E-state index contributed by atoms with van der Waals surface area (Å²) in [4.78, 5) is 0. The molecule has 4 aromatic rings. The molecule has 0 saturated carbocycles. The summed E-state index contributed by atoms with van der Waals surface area (Å²) in [5.41, 5.74) is 1.66. The smallest absolute Gasteiger partial charge is 0.271 e. The summed E-state index contributed by atoms with van der Waals surface area (Å²) in [6, 6.07) is 15.9. The number of aliphatic hydroxyl groups excluding tert-OH is 1. The molecule has 0 saturated heterocycles. The van der Waals surface area contributed by atoms with Crippen LogP contribution < -0.4 is 14.8 Å². The van der Waals surface area contributed by atoms with Gasteiger partial charge in [-0.25, -0.2) is 8.42 Å². The number of para-hydroxylation sites is 1. The lowest BCUT2D eigenvalue weighted by molar-refractivity contribution is 0.0112. The maximum Gasteiger partial charge on any atom is 0.271 e. The minimum absolute atomic E-state index is 0.0845. The van der Waals surface area contributed by atoms with E-state index in [0.717, 1.165) is 52.9 Å². The van der Waals surface area contributed by atoms with Crippen LogP contribution in [0.4, 0.5) is 5.69 Å².